The summed E-state index contributed by atoms with van der Waals surface area (Å²) < 4.78 is 27.1. The molecule has 0 radical (unpaired) electrons. The van der Waals surface area contributed by atoms with Crippen molar-refractivity contribution in [2.24, 2.45) is 0 Å². The van der Waals surface area contributed by atoms with E-state index in [1.807, 2.05) is 0 Å². The Kier molecular flexibility index (Phi) is 3.11. The molecule has 1 aromatic rings. The summed E-state index contributed by atoms with van der Waals surface area (Å²) in [5.41, 5.74) is 0.873. The van der Waals surface area contributed by atoms with Crippen LogP contribution in [-0.4, -0.2) is 26.5 Å². The summed E-state index contributed by atoms with van der Waals surface area (Å²) in [7, 11) is -2.40. The molecule has 2 rings (SSSR count). The molecule has 6 nitrogen and oxygen atoms in total. The van der Waals surface area contributed by atoms with Gasteiger partial charge in [0.25, 0.3) is 10.2 Å². The van der Waals surface area contributed by atoms with Gasteiger partial charge >= 0.3 is 5.97 Å². The summed E-state index contributed by atoms with van der Waals surface area (Å²) in [5, 5.41) is 9.33. The number of carboxylic acids is 1. The third-order valence-corrected chi connectivity index (χ3v) is 4.98. The molecule has 0 spiro atoms. The summed E-state index contributed by atoms with van der Waals surface area (Å²) in [4.78, 5) is 12.1. The first kappa shape index (κ1) is 12.3. The van der Waals surface area contributed by atoms with Crippen molar-refractivity contribution in [2.75, 3.05) is 11.8 Å². The van der Waals surface area contributed by atoms with E-state index < -0.39 is 16.2 Å². The minimum absolute atomic E-state index is 0.0984. The van der Waals surface area contributed by atoms with Crippen LogP contribution in [0.5, 0.6) is 0 Å². The third-order valence-electron chi connectivity index (χ3n) is 2.63. The van der Waals surface area contributed by atoms with Crippen molar-refractivity contribution >= 4 is 32.5 Å². The Labute approximate surface area is 103 Å². The maximum Gasteiger partial charge on any atom is 0.339 e. The SMILES string of the molecule is CNS(=O)(=O)Nc1sc2c(c1C(=O)O)CCC2. The number of hydrogen-bond donors (Lipinski definition) is 3. The Morgan fingerprint density at radius 2 is 2.12 bits per heavy atom. The minimum atomic E-state index is -3.67. The molecule has 1 aliphatic rings. The highest BCUT2D eigenvalue weighted by atomic mass is 32.2. The van der Waals surface area contributed by atoms with Crippen LogP contribution in [-0.2, 0) is 23.1 Å². The Balaban J connectivity index is 2.45. The predicted octanol–water partition coefficient (Wildman–Crippen LogP) is 0.811. The summed E-state index contributed by atoms with van der Waals surface area (Å²) >= 11 is 1.21. The summed E-state index contributed by atoms with van der Waals surface area (Å²) in [6, 6.07) is 0. The molecule has 94 valence electrons. The zero-order valence-corrected chi connectivity index (χ0v) is 10.7. The molecule has 0 unspecified atom stereocenters. The van der Waals surface area contributed by atoms with Crippen molar-refractivity contribution in [3.05, 3.63) is 16.0 Å². The summed E-state index contributed by atoms with van der Waals surface area (Å²) in [6.45, 7) is 0. The van der Waals surface area contributed by atoms with Gasteiger partial charge in [-0.05, 0) is 24.8 Å². The van der Waals surface area contributed by atoms with E-state index in [4.69, 9.17) is 5.11 Å². The number of carbonyl (C=O) groups is 1. The molecule has 0 saturated heterocycles. The van der Waals surface area contributed by atoms with Gasteiger partial charge in [0.1, 0.15) is 5.00 Å². The second-order valence-corrected chi connectivity index (χ2v) is 6.40. The fraction of sp³-hybridized carbons (Fsp3) is 0.444. The topological polar surface area (TPSA) is 95.5 Å². The fourth-order valence-corrected chi connectivity index (χ4v) is 3.95. The summed E-state index contributed by atoms with van der Waals surface area (Å²) in [6.07, 6.45) is 2.46. The molecule has 1 aromatic heterocycles. The number of aromatic carboxylic acids is 1. The smallest absolute Gasteiger partial charge is 0.339 e. The first-order chi connectivity index (χ1) is 7.94. The first-order valence-electron chi connectivity index (χ1n) is 5.03. The molecule has 0 atom stereocenters. The number of rotatable bonds is 4. The van der Waals surface area contributed by atoms with Crippen molar-refractivity contribution in [3.63, 3.8) is 0 Å². The van der Waals surface area contributed by atoms with Gasteiger partial charge in [-0.2, -0.15) is 8.42 Å². The van der Waals surface area contributed by atoms with E-state index in [1.165, 1.54) is 18.4 Å². The molecule has 17 heavy (non-hydrogen) atoms. The number of carboxylic acid groups (broad SMARTS) is 1. The van der Waals surface area contributed by atoms with Crippen LogP contribution in [0.15, 0.2) is 0 Å². The number of aryl methyl sites for hydroxylation is 1. The highest BCUT2D eigenvalue weighted by Gasteiger charge is 2.27. The molecule has 0 bridgehead atoms. The highest BCUT2D eigenvalue weighted by molar-refractivity contribution is 7.91. The van der Waals surface area contributed by atoms with Gasteiger partial charge in [-0.15, -0.1) is 11.3 Å². The number of fused-ring (bicyclic) bond motifs is 1. The van der Waals surface area contributed by atoms with E-state index in [0.717, 1.165) is 23.3 Å². The van der Waals surface area contributed by atoms with E-state index >= 15 is 0 Å². The highest BCUT2D eigenvalue weighted by Crippen LogP contribution is 2.39. The zero-order valence-electron chi connectivity index (χ0n) is 9.11. The van der Waals surface area contributed by atoms with Crippen LogP contribution in [0.1, 0.15) is 27.2 Å². The zero-order chi connectivity index (χ0) is 12.6. The maximum atomic E-state index is 11.4. The van der Waals surface area contributed by atoms with Gasteiger partial charge in [-0.3, -0.25) is 4.72 Å². The Hall–Kier alpha value is -1.12. The lowest BCUT2D eigenvalue weighted by Crippen LogP contribution is -2.26. The maximum absolute atomic E-state index is 11.4. The average molecular weight is 276 g/mol. The molecule has 0 aromatic carbocycles. The van der Waals surface area contributed by atoms with Gasteiger partial charge in [0.05, 0.1) is 5.56 Å². The van der Waals surface area contributed by atoms with E-state index in [0.29, 0.717) is 6.42 Å². The quantitative estimate of drug-likeness (QED) is 0.758. The van der Waals surface area contributed by atoms with Gasteiger partial charge in [-0.1, -0.05) is 0 Å². The van der Waals surface area contributed by atoms with Crippen LogP contribution in [0.2, 0.25) is 0 Å². The van der Waals surface area contributed by atoms with Gasteiger partial charge in [0.2, 0.25) is 0 Å². The van der Waals surface area contributed by atoms with Crippen molar-refractivity contribution in [3.8, 4) is 0 Å². The standard InChI is InChI=1S/C9H12N2O4S2/c1-10-17(14,15)11-8-7(9(12)13)5-3-2-4-6(5)16-8/h10-11H,2-4H2,1H3,(H,12,13). The molecule has 0 saturated carbocycles. The number of hydrogen-bond acceptors (Lipinski definition) is 4. The van der Waals surface area contributed by atoms with Crippen molar-refractivity contribution in [1.29, 1.82) is 0 Å². The molecule has 0 amide bonds. The number of anilines is 1. The number of nitrogens with one attached hydrogen (secondary N) is 2. The van der Waals surface area contributed by atoms with E-state index in [-0.39, 0.29) is 10.6 Å². The van der Waals surface area contributed by atoms with Crippen LogP contribution < -0.4 is 9.44 Å². The molecule has 1 heterocycles. The first-order valence-corrected chi connectivity index (χ1v) is 7.33. The Morgan fingerprint density at radius 3 is 2.71 bits per heavy atom. The lowest BCUT2D eigenvalue weighted by molar-refractivity contribution is 0.0697. The number of thiophene rings is 1. The molecule has 8 heteroatoms. The van der Waals surface area contributed by atoms with Gasteiger partial charge in [0.15, 0.2) is 0 Å². The second kappa shape index (κ2) is 4.28. The van der Waals surface area contributed by atoms with Gasteiger partial charge in [0, 0.05) is 11.9 Å². The molecule has 3 N–H and O–H groups in total. The van der Waals surface area contributed by atoms with Crippen molar-refractivity contribution in [1.82, 2.24) is 4.72 Å². The van der Waals surface area contributed by atoms with E-state index in [1.54, 1.807) is 0 Å². The van der Waals surface area contributed by atoms with Crippen LogP contribution in [0.25, 0.3) is 0 Å². The van der Waals surface area contributed by atoms with Crippen molar-refractivity contribution in [2.45, 2.75) is 19.3 Å². The average Bonchev–Trinajstić information content (AvgIpc) is 2.75. The molecular formula is C9H12N2O4S2. The largest absolute Gasteiger partial charge is 0.478 e. The van der Waals surface area contributed by atoms with Crippen LogP contribution in [0.4, 0.5) is 5.00 Å². The Bertz CT molecular complexity index is 562. The fourth-order valence-electron chi connectivity index (χ4n) is 1.88. The van der Waals surface area contributed by atoms with E-state index in [9.17, 15) is 13.2 Å². The summed E-state index contributed by atoms with van der Waals surface area (Å²) in [5.74, 6) is -1.08. The van der Waals surface area contributed by atoms with E-state index in [2.05, 4.69) is 9.44 Å². The Morgan fingerprint density at radius 1 is 1.41 bits per heavy atom. The van der Waals surface area contributed by atoms with Crippen LogP contribution in [0, 0.1) is 0 Å². The minimum Gasteiger partial charge on any atom is -0.478 e. The third kappa shape index (κ3) is 2.28. The van der Waals surface area contributed by atoms with Crippen LogP contribution >= 0.6 is 11.3 Å². The van der Waals surface area contributed by atoms with Gasteiger partial charge < -0.3 is 5.11 Å². The predicted molar refractivity (Wildman–Crippen MR) is 64.9 cm³/mol. The van der Waals surface area contributed by atoms with Crippen molar-refractivity contribution < 1.29 is 18.3 Å². The van der Waals surface area contributed by atoms with Crippen LogP contribution in [0.3, 0.4) is 0 Å². The normalized spacial score (nSPS) is 14.6. The molecule has 1 aliphatic carbocycles. The molecular weight excluding hydrogens is 264 g/mol. The lowest BCUT2D eigenvalue weighted by Gasteiger charge is -2.05. The second-order valence-electron chi connectivity index (χ2n) is 3.68. The molecule has 0 fully saturated rings. The molecule has 0 aliphatic heterocycles. The monoisotopic (exact) mass is 276 g/mol. The van der Waals surface area contributed by atoms with Gasteiger partial charge in [-0.25, -0.2) is 9.52 Å². The lowest BCUT2D eigenvalue weighted by atomic mass is 10.1.